The lowest BCUT2D eigenvalue weighted by Crippen LogP contribution is -2.52. The maximum atomic E-state index is 12.6. The van der Waals surface area contributed by atoms with Crippen molar-refractivity contribution in [3.05, 3.63) is 78.6 Å². The number of nitrogens with one attached hydrogen (secondary N) is 1. The molecule has 0 atom stereocenters. The number of anilines is 2. The Morgan fingerprint density at radius 1 is 0.882 bits per heavy atom. The summed E-state index contributed by atoms with van der Waals surface area (Å²) in [6.45, 7) is 0.593. The largest absolute Gasteiger partial charge is 0.471 e. The van der Waals surface area contributed by atoms with Crippen molar-refractivity contribution in [2.45, 2.75) is 6.18 Å². The summed E-state index contributed by atoms with van der Waals surface area (Å²) >= 11 is 0. The molecule has 34 heavy (non-hydrogen) atoms. The minimum Gasteiger partial charge on any atom is -0.457 e. The molecule has 2 heterocycles. The highest BCUT2D eigenvalue weighted by molar-refractivity contribution is 6.01. The van der Waals surface area contributed by atoms with Gasteiger partial charge >= 0.3 is 12.1 Å². The molecular weight excluding hydrogens is 447 g/mol. The zero-order valence-corrected chi connectivity index (χ0v) is 18.1. The molecule has 0 unspecified atom stereocenters. The molecule has 4 rings (SSSR count). The van der Waals surface area contributed by atoms with Crippen LogP contribution in [0, 0.1) is 0 Å². The first-order chi connectivity index (χ1) is 16.3. The SMILES string of the molecule is O=C(/C=C/c1ccc(-c2ccccc2)o1)Nc1ccc(N2CCN(C(=O)C(F)(F)F)CC2)cc1. The Morgan fingerprint density at radius 3 is 2.21 bits per heavy atom. The fourth-order valence-electron chi connectivity index (χ4n) is 3.64. The first-order valence-corrected chi connectivity index (χ1v) is 10.6. The van der Waals surface area contributed by atoms with E-state index in [1.807, 2.05) is 41.3 Å². The van der Waals surface area contributed by atoms with Gasteiger partial charge in [-0.15, -0.1) is 0 Å². The van der Waals surface area contributed by atoms with Gasteiger partial charge in [0, 0.05) is 49.2 Å². The standard InChI is InChI=1S/C25H22F3N3O3/c26-25(27,28)24(33)31-16-14-30(15-17-31)20-8-6-19(7-9-20)29-23(32)13-11-21-10-12-22(34-21)18-4-2-1-3-5-18/h1-13H,14-17H2,(H,29,32)/b13-11+. The summed E-state index contributed by atoms with van der Waals surface area (Å²) in [5.74, 6) is -0.874. The molecule has 3 aromatic rings. The van der Waals surface area contributed by atoms with E-state index >= 15 is 0 Å². The normalized spacial score (nSPS) is 14.4. The first kappa shape index (κ1) is 23.2. The van der Waals surface area contributed by atoms with Crippen molar-refractivity contribution in [2.24, 2.45) is 0 Å². The van der Waals surface area contributed by atoms with Crippen LogP contribution in [-0.4, -0.2) is 49.1 Å². The Balaban J connectivity index is 1.29. The average Bonchev–Trinajstić information content (AvgIpc) is 3.32. The molecule has 0 bridgehead atoms. The Hall–Kier alpha value is -4.01. The van der Waals surface area contributed by atoms with E-state index in [1.54, 1.807) is 36.4 Å². The van der Waals surface area contributed by atoms with Crippen molar-refractivity contribution in [3.8, 4) is 11.3 Å². The summed E-state index contributed by atoms with van der Waals surface area (Å²) in [5, 5.41) is 2.76. The molecule has 0 spiro atoms. The third-order valence-corrected chi connectivity index (χ3v) is 5.39. The van der Waals surface area contributed by atoms with Crippen LogP contribution >= 0.6 is 0 Å². The molecule has 1 aliphatic heterocycles. The van der Waals surface area contributed by atoms with Crippen molar-refractivity contribution in [3.63, 3.8) is 0 Å². The zero-order chi connectivity index (χ0) is 24.1. The van der Waals surface area contributed by atoms with Gasteiger partial charge in [-0.3, -0.25) is 9.59 Å². The highest BCUT2D eigenvalue weighted by atomic mass is 19.4. The predicted octanol–water partition coefficient (Wildman–Crippen LogP) is 4.81. The number of rotatable bonds is 5. The van der Waals surface area contributed by atoms with Gasteiger partial charge in [-0.25, -0.2) is 0 Å². The van der Waals surface area contributed by atoms with Crippen LogP contribution in [0.1, 0.15) is 5.76 Å². The number of carbonyl (C=O) groups excluding carboxylic acids is 2. The molecule has 0 saturated carbocycles. The Morgan fingerprint density at radius 2 is 1.56 bits per heavy atom. The minimum atomic E-state index is -4.85. The van der Waals surface area contributed by atoms with Crippen LogP contribution in [0.25, 0.3) is 17.4 Å². The summed E-state index contributed by atoms with van der Waals surface area (Å²) in [6, 6.07) is 20.2. The van der Waals surface area contributed by atoms with E-state index in [2.05, 4.69) is 5.32 Å². The van der Waals surface area contributed by atoms with E-state index in [1.165, 1.54) is 6.08 Å². The molecule has 0 aliphatic carbocycles. The summed E-state index contributed by atoms with van der Waals surface area (Å²) in [4.78, 5) is 26.3. The molecule has 1 aromatic heterocycles. The molecule has 1 saturated heterocycles. The van der Waals surface area contributed by atoms with E-state index in [4.69, 9.17) is 4.42 Å². The highest BCUT2D eigenvalue weighted by Gasteiger charge is 2.43. The van der Waals surface area contributed by atoms with E-state index in [0.29, 0.717) is 30.3 Å². The number of amides is 2. The zero-order valence-electron chi connectivity index (χ0n) is 18.1. The van der Waals surface area contributed by atoms with Gasteiger partial charge in [0.1, 0.15) is 11.5 Å². The second-order valence-corrected chi connectivity index (χ2v) is 7.71. The number of carbonyl (C=O) groups is 2. The molecule has 2 amide bonds. The number of piperazine rings is 1. The van der Waals surface area contributed by atoms with Crippen molar-refractivity contribution in [1.82, 2.24) is 4.90 Å². The average molecular weight is 469 g/mol. The lowest BCUT2D eigenvalue weighted by atomic mass is 10.2. The number of hydrogen-bond acceptors (Lipinski definition) is 4. The molecule has 1 N–H and O–H groups in total. The van der Waals surface area contributed by atoms with Gasteiger partial charge in [0.2, 0.25) is 5.91 Å². The smallest absolute Gasteiger partial charge is 0.457 e. The third kappa shape index (κ3) is 5.67. The topological polar surface area (TPSA) is 65.8 Å². The van der Waals surface area contributed by atoms with Crippen molar-refractivity contribution >= 4 is 29.3 Å². The first-order valence-electron chi connectivity index (χ1n) is 10.6. The molecule has 1 aliphatic rings. The number of furan rings is 1. The molecule has 1 fully saturated rings. The highest BCUT2D eigenvalue weighted by Crippen LogP contribution is 2.24. The van der Waals surface area contributed by atoms with E-state index in [-0.39, 0.29) is 19.0 Å². The van der Waals surface area contributed by atoms with Gasteiger partial charge in [-0.1, -0.05) is 30.3 Å². The van der Waals surface area contributed by atoms with Crippen molar-refractivity contribution < 1.29 is 27.2 Å². The minimum absolute atomic E-state index is 0.000388. The second kappa shape index (κ2) is 9.86. The predicted molar refractivity (Wildman–Crippen MR) is 123 cm³/mol. The Labute approximate surface area is 194 Å². The van der Waals surface area contributed by atoms with E-state index in [9.17, 15) is 22.8 Å². The van der Waals surface area contributed by atoms with Gasteiger partial charge < -0.3 is 19.5 Å². The summed E-state index contributed by atoms with van der Waals surface area (Å²) < 4.78 is 43.5. The van der Waals surface area contributed by atoms with Crippen LogP contribution < -0.4 is 10.2 Å². The van der Waals surface area contributed by atoms with E-state index < -0.39 is 12.1 Å². The second-order valence-electron chi connectivity index (χ2n) is 7.71. The summed E-state index contributed by atoms with van der Waals surface area (Å²) in [5.41, 5.74) is 2.32. The molecular formula is C25H22F3N3O3. The summed E-state index contributed by atoms with van der Waals surface area (Å²) in [6.07, 6.45) is -1.89. The molecule has 0 radical (unpaired) electrons. The molecule has 2 aromatic carbocycles. The third-order valence-electron chi connectivity index (χ3n) is 5.39. The van der Waals surface area contributed by atoms with Crippen LogP contribution in [0.15, 0.2) is 77.2 Å². The van der Waals surface area contributed by atoms with Crippen LogP contribution in [0.5, 0.6) is 0 Å². The van der Waals surface area contributed by atoms with Gasteiger partial charge in [-0.05, 0) is 42.5 Å². The number of hydrogen-bond donors (Lipinski definition) is 1. The van der Waals surface area contributed by atoms with Crippen LogP contribution in [0.4, 0.5) is 24.5 Å². The summed E-state index contributed by atoms with van der Waals surface area (Å²) in [7, 11) is 0. The van der Waals surface area contributed by atoms with Crippen LogP contribution in [-0.2, 0) is 9.59 Å². The van der Waals surface area contributed by atoms with Gasteiger partial charge in [0.05, 0.1) is 0 Å². The van der Waals surface area contributed by atoms with Crippen molar-refractivity contribution in [1.29, 1.82) is 0 Å². The number of alkyl halides is 3. The lowest BCUT2D eigenvalue weighted by Gasteiger charge is -2.36. The number of benzene rings is 2. The van der Waals surface area contributed by atoms with Gasteiger partial charge in [-0.2, -0.15) is 13.2 Å². The maximum absolute atomic E-state index is 12.6. The van der Waals surface area contributed by atoms with E-state index in [0.717, 1.165) is 16.2 Å². The Bertz CT molecular complexity index is 1160. The molecule has 176 valence electrons. The fraction of sp³-hybridized carbons (Fsp3) is 0.200. The number of halogens is 3. The monoisotopic (exact) mass is 469 g/mol. The quantitative estimate of drug-likeness (QED) is 0.545. The molecule has 9 heteroatoms. The maximum Gasteiger partial charge on any atom is 0.471 e. The molecule has 6 nitrogen and oxygen atoms in total. The van der Waals surface area contributed by atoms with Crippen LogP contribution in [0.3, 0.4) is 0 Å². The van der Waals surface area contributed by atoms with Crippen LogP contribution in [0.2, 0.25) is 0 Å². The Kier molecular flexibility index (Phi) is 6.72. The lowest BCUT2D eigenvalue weighted by molar-refractivity contribution is -0.185. The fourth-order valence-corrected chi connectivity index (χ4v) is 3.64. The van der Waals surface area contributed by atoms with Gasteiger partial charge in [0.25, 0.3) is 0 Å². The number of nitrogens with zero attached hydrogens (tertiary/aromatic N) is 2. The van der Waals surface area contributed by atoms with Gasteiger partial charge in [0.15, 0.2) is 0 Å². The van der Waals surface area contributed by atoms with Crippen molar-refractivity contribution in [2.75, 3.05) is 36.4 Å².